The Labute approximate surface area is 209 Å². The zero-order chi connectivity index (χ0) is 25.2. The fourth-order valence-corrected chi connectivity index (χ4v) is 7.26. The molecule has 1 N–H and O–H groups in total. The summed E-state index contributed by atoms with van der Waals surface area (Å²) in [6.45, 7) is 8.35. The highest BCUT2D eigenvalue weighted by Crippen LogP contribution is 2.30. The molecule has 7 nitrogen and oxygen atoms in total. The van der Waals surface area contributed by atoms with E-state index in [4.69, 9.17) is 4.52 Å². The van der Waals surface area contributed by atoms with Crippen molar-refractivity contribution in [2.45, 2.75) is 83.6 Å². The monoisotopic (exact) mass is 499 g/mol. The van der Waals surface area contributed by atoms with E-state index in [0.29, 0.717) is 25.1 Å². The highest BCUT2D eigenvalue weighted by atomic mass is 32.2. The van der Waals surface area contributed by atoms with Crippen LogP contribution in [0.25, 0.3) is 12.2 Å². The van der Waals surface area contributed by atoms with E-state index in [1.807, 2.05) is 19.9 Å². The molecule has 2 aliphatic rings. The van der Waals surface area contributed by atoms with Crippen molar-refractivity contribution >= 4 is 28.1 Å². The number of carbonyl (C=O) groups excluding carboxylic acids is 1. The molecule has 2 heterocycles. The van der Waals surface area contributed by atoms with Crippen LogP contribution in [0.1, 0.15) is 78.7 Å². The molecular formula is C27H37N3O4S. The van der Waals surface area contributed by atoms with Gasteiger partial charge in [0.25, 0.3) is 0 Å². The zero-order valence-corrected chi connectivity index (χ0v) is 22.1. The van der Waals surface area contributed by atoms with Gasteiger partial charge in [-0.05, 0) is 76.1 Å². The van der Waals surface area contributed by atoms with Crippen molar-refractivity contribution in [3.05, 3.63) is 45.8 Å². The first kappa shape index (κ1) is 25.6. The molecule has 1 aromatic carbocycles. The van der Waals surface area contributed by atoms with Gasteiger partial charge in [0, 0.05) is 19.1 Å². The van der Waals surface area contributed by atoms with Crippen LogP contribution in [-0.2, 0) is 14.8 Å². The Morgan fingerprint density at radius 1 is 1.03 bits per heavy atom. The van der Waals surface area contributed by atoms with Gasteiger partial charge in [-0.1, -0.05) is 48.2 Å². The fraction of sp³-hybridized carbons (Fsp3) is 0.556. The van der Waals surface area contributed by atoms with E-state index >= 15 is 0 Å². The van der Waals surface area contributed by atoms with Crippen LogP contribution in [0, 0.1) is 33.6 Å². The maximum atomic E-state index is 13.7. The molecule has 1 aliphatic heterocycles. The Hall–Kier alpha value is -2.45. The largest absolute Gasteiger partial charge is 0.355 e. The number of aryl methyl sites for hydroxylation is 4. The van der Waals surface area contributed by atoms with E-state index in [9.17, 15) is 13.2 Å². The Morgan fingerprint density at radius 3 is 2.40 bits per heavy atom. The van der Waals surface area contributed by atoms with Crippen LogP contribution in [0.5, 0.6) is 0 Å². The zero-order valence-electron chi connectivity index (χ0n) is 21.3. The minimum atomic E-state index is -3.87. The normalized spacial score (nSPS) is 20.4. The van der Waals surface area contributed by atoms with Gasteiger partial charge in [-0.15, -0.1) is 0 Å². The number of hydrogen-bond donors (Lipinski definition) is 1. The van der Waals surface area contributed by atoms with Crippen LogP contribution in [0.2, 0.25) is 0 Å². The molecule has 1 amide bonds. The van der Waals surface area contributed by atoms with Crippen molar-refractivity contribution < 1.29 is 17.7 Å². The summed E-state index contributed by atoms with van der Waals surface area (Å²) >= 11 is 0. The second-order valence-corrected chi connectivity index (χ2v) is 12.0. The molecule has 1 saturated carbocycles. The van der Waals surface area contributed by atoms with Crippen LogP contribution in [0.15, 0.2) is 21.6 Å². The van der Waals surface area contributed by atoms with Crippen LogP contribution >= 0.6 is 0 Å². The van der Waals surface area contributed by atoms with Crippen molar-refractivity contribution in [3.63, 3.8) is 0 Å². The molecule has 1 saturated heterocycles. The van der Waals surface area contributed by atoms with Gasteiger partial charge in [0.05, 0.1) is 5.92 Å². The number of benzene rings is 1. The van der Waals surface area contributed by atoms with E-state index in [-0.39, 0.29) is 35.1 Å². The Kier molecular flexibility index (Phi) is 7.81. The fourth-order valence-electron chi connectivity index (χ4n) is 5.48. The number of amides is 1. The summed E-state index contributed by atoms with van der Waals surface area (Å²) in [6.07, 6.45) is 10.5. The standard InChI is InChI=1S/C27H37N3O4S/c1-18-15-19(2)24(20(3)16-18)12-13-25-26(21(4)29-34-25)35(32,33)30-14-8-9-22(17-30)27(31)28-23-10-6-5-7-11-23/h12-13,15-16,22-23H,5-11,14,17H2,1-4H3,(H,28,31)/b13-12+/t22-/m0/s1. The molecule has 1 aromatic heterocycles. The lowest BCUT2D eigenvalue weighted by Crippen LogP contribution is -2.48. The molecule has 1 atom stereocenters. The lowest BCUT2D eigenvalue weighted by Gasteiger charge is -2.32. The molecule has 1 aliphatic carbocycles. The first-order chi connectivity index (χ1) is 16.7. The summed E-state index contributed by atoms with van der Waals surface area (Å²) in [5.74, 6) is -0.141. The number of carbonyl (C=O) groups is 1. The highest BCUT2D eigenvalue weighted by molar-refractivity contribution is 7.89. The quantitative estimate of drug-likeness (QED) is 0.608. The lowest BCUT2D eigenvalue weighted by atomic mass is 9.93. The van der Waals surface area contributed by atoms with Crippen LogP contribution in [0.4, 0.5) is 0 Å². The van der Waals surface area contributed by atoms with E-state index in [0.717, 1.165) is 42.4 Å². The molecule has 0 bridgehead atoms. The number of nitrogens with zero attached hydrogens (tertiary/aromatic N) is 2. The Morgan fingerprint density at radius 2 is 1.71 bits per heavy atom. The number of rotatable bonds is 6. The molecule has 8 heteroatoms. The predicted molar refractivity (Wildman–Crippen MR) is 137 cm³/mol. The average molecular weight is 500 g/mol. The third kappa shape index (κ3) is 5.70. The average Bonchev–Trinajstić information content (AvgIpc) is 3.20. The SMILES string of the molecule is Cc1cc(C)c(/C=C/c2onc(C)c2S(=O)(=O)N2CCC[C@H](C(=O)NC3CCCCC3)C2)c(C)c1. The number of piperidine rings is 1. The summed E-state index contributed by atoms with van der Waals surface area (Å²) in [7, 11) is -3.87. The van der Waals surface area contributed by atoms with Crippen LogP contribution < -0.4 is 5.32 Å². The second-order valence-electron chi connectivity index (χ2n) is 10.2. The number of nitrogens with one attached hydrogen (secondary N) is 1. The summed E-state index contributed by atoms with van der Waals surface area (Å²) < 4.78 is 34.3. The van der Waals surface area contributed by atoms with Gasteiger partial charge in [-0.3, -0.25) is 4.79 Å². The molecular weight excluding hydrogens is 462 g/mol. The first-order valence-corrected chi connectivity index (χ1v) is 14.1. The topological polar surface area (TPSA) is 92.5 Å². The summed E-state index contributed by atoms with van der Waals surface area (Å²) in [4.78, 5) is 13.0. The molecule has 0 spiro atoms. The third-order valence-corrected chi connectivity index (χ3v) is 9.30. The summed E-state index contributed by atoms with van der Waals surface area (Å²) in [6, 6.07) is 4.42. The Bertz CT molecular complexity index is 1190. The molecule has 0 radical (unpaired) electrons. The van der Waals surface area contributed by atoms with E-state index < -0.39 is 10.0 Å². The number of sulfonamides is 1. The molecule has 0 unspecified atom stereocenters. The van der Waals surface area contributed by atoms with Gasteiger partial charge < -0.3 is 9.84 Å². The first-order valence-electron chi connectivity index (χ1n) is 12.7. The minimum absolute atomic E-state index is 0.0238. The smallest absolute Gasteiger partial charge is 0.248 e. The molecule has 2 fully saturated rings. The maximum Gasteiger partial charge on any atom is 0.248 e. The van der Waals surface area contributed by atoms with Gasteiger partial charge in [0.15, 0.2) is 10.7 Å². The lowest BCUT2D eigenvalue weighted by molar-refractivity contribution is -0.127. The van der Waals surface area contributed by atoms with Crippen molar-refractivity contribution in [2.24, 2.45) is 5.92 Å². The van der Waals surface area contributed by atoms with Gasteiger partial charge in [0.1, 0.15) is 5.69 Å². The van der Waals surface area contributed by atoms with Crippen LogP contribution in [-0.4, -0.2) is 42.9 Å². The van der Waals surface area contributed by atoms with Gasteiger partial charge >= 0.3 is 0 Å². The third-order valence-electron chi connectivity index (χ3n) is 7.28. The van der Waals surface area contributed by atoms with E-state index in [2.05, 4.69) is 29.5 Å². The van der Waals surface area contributed by atoms with Crippen molar-refractivity contribution in [3.8, 4) is 0 Å². The summed E-state index contributed by atoms with van der Waals surface area (Å²) in [5, 5.41) is 7.14. The molecule has 190 valence electrons. The molecule has 2 aromatic rings. The van der Waals surface area contributed by atoms with Gasteiger partial charge in [0.2, 0.25) is 15.9 Å². The molecule has 4 rings (SSSR count). The summed E-state index contributed by atoms with van der Waals surface area (Å²) in [5.41, 5.74) is 4.77. The predicted octanol–water partition coefficient (Wildman–Crippen LogP) is 4.93. The maximum absolute atomic E-state index is 13.7. The minimum Gasteiger partial charge on any atom is -0.355 e. The number of hydrogen-bond acceptors (Lipinski definition) is 5. The van der Waals surface area contributed by atoms with E-state index in [1.165, 1.54) is 16.3 Å². The molecule has 35 heavy (non-hydrogen) atoms. The van der Waals surface area contributed by atoms with Crippen molar-refractivity contribution in [2.75, 3.05) is 13.1 Å². The number of aromatic nitrogens is 1. The van der Waals surface area contributed by atoms with Crippen molar-refractivity contribution in [1.29, 1.82) is 0 Å². The highest BCUT2D eigenvalue weighted by Gasteiger charge is 2.37. The van der Waals surface area contributed by atoms with Gasteiger partial charge in [-0.2, -0.15) is 4.31 Å². The Balaban J connectivity index is 1.54. The van der Waals surface area contributed by atoms with Crippen LogP contribution in [0.3, 0.4) is 0 Å². The van der Waals surface area contributed by atoms with Crippen molar-refractivity contribution in [1.82, 2.24) is 14.8 Å². The van der Waals surface area contributed by atoms with Gasteiger partial charge in [-0.25, -0.2) is 8.42 Å². The second kappa shape index (κ2) is 10.7. The van der Waals surface area contributed by atoms with E-state index in [1.54, 1.807) is 13.0 Å².